The van der Waals surface area contributed by atoms with E-state index in [0.29, 0.717) is 11.8 Å². The van der Waals surface area contributed by atoms with E-state index < -0.39 is 0 Å². The molecule has 2 heterocycles. The van der Waals surface area contributed by atoms with Gasteiger partial charge in [-0.05, 0) is 18.2 Å². The van der Waals surface area contributed by atoms with Gasteiger partial charge in [0.15, 0.2) is 5.82 Å². The maximum atomic E-state index is 4.68. The van der Waals surface area contributed by atoms with Crippen molar-refractivity contribution in [2.24, 2.45) is 5.10 Å². The number of aromatic nitrogens is 4. The normalized spacial score (nSPS) is 11.4. The molecule has 0 saturated carbocycles. The molecule has 0 aliphatic heterocycles. The molecule has 2 aromatic heterocycles. The van der Waals surface area contributed by atoms with Crippen molar-refractivity contribution in [3.8, 4) is 11.3 Å². The second-order valence-electron chi connectivity index (χ2n) is 6.29. The Hall–Kier alpha value is -4.06. The van der Waals surface area contributed by atoms with Gasteiger partial charge < -0.3 is 4.98 Å². The number of nitrogens with zero attached hydrogens (tertiary/aromatic N) is 4. The molecule has 0 saturated heterocycles. The van der Waals surface area contributed by atoms with Crippen molar-refractivity contribution in [1.29, 1.82) is 0 Å². The van der Waals surface area contributed by atoms with Crippen LogP contribution in [0.2, 0.25) is 0 Å². The van der Waals surface area contributed by atoms with E-state index in [1.54, 1.807) is 6.21 Å². The third kappa shape index (κ3) is 3.07. The summed E-state index contributed by atoms with van der Waals surface area (Å²) in [5.74, 6) is 1.10. The lowest BCUT2D eigenvalue weighted by Crippen LogP contribution is -2.00. The van der Waals surface area contributed by atoms with Crippen LogP contribution in [-0.2, 0) is 0 Å². The molecule has 6 nitrogen and oxygen atoms in total. The monoisotopic (exact) mass is 364 g/mol. The van der Waals surface area contributed by atoms with Crippen molar-refractivity contribution in [3.63, 3.8) is 0 Å². The Balaban J connectivity index is 1.49. The average molecular weight is 364 g/mol. The van der Waals surface area contributed by atoms with Gasteiger partial charge in [-0.15, -0.1) is 0 Å². The van der Waals surface area contributed by atoms with Gasteiger partial charge in [0.1, 0.15) is 0 Å². The summed E-state index contributed by atoms with van der Waals surface area (Å²) in [5, 5.41) is 5.26. The molecule has 0 atom stereocenters. The summed E-state index contributed by atoms with van der Waals surface area (Å²) in [4.78, 5) is 16.9. The Bertz CT molecular complexity index is 1260. The van der Waals surface area contributed by atoms with E-state index in [0.717, 1.165) is 33.2 Å². The molecule has 3 aromatic carbocycles. The number of anilines is 1. The summed E-state index contributed by atoms with van der Waals surface area (Å²) < 4.78 is 0. The summed E-state index contributed by atoms with van der Waals surface area (Å²) in [6, 6.07) is 25.9. The number of para-hydroxylation sites is 3. The molecule has 5 aromatic rings. The van der Waals surface area contributed by atoms with Crippen molar-refractivity contribution in [3.05, 3.63) is 84.7 Å². The van der Waals surface area contributed by atoms with E-state index >= 15 is 0 Å². The molecule has 0 aliphatic rings. The van der Waals surface area contributed by atoms with Crippen molar-refractivity contribution in [2.75, 3.05) is 5.43 Å². The largest absolute Gasteiger partial charge is 0.337 e. The molecule has 6 heteroatoms. The van der Waals surface area contributed by atoms with Crippen LogP contribution in [0.3, 0.4) is 0 Å². The molecule has 5 rings (SSSR count). The predicted molar refractivity (Wildman–Crippen MR) is 112 cm³/mol. The van der Waals surface area contributed by atoms with Crippen LogP contribution in [0.15, 0.2) is 84.0 Å². The molecular formula is C22H16N6. The highest BCUT2D eigenvalue weighted by Crippen LogP contribution is 2.26. The number of hydrogen-bond donors (Lipinski definition) is 2. The van der Waals surface area contributed by atoms with Crippen LogP contribution in [0.4, 0.5) is 5.95 Å². The Morgan fingerprint density at radius 1 is 0.750 bits per heavy atom. The molecular weight excluding hydrogens is 348 g/mol. The summed E-state index contributed by atoms with van der Waals surface area (Å²) >= 11 is 0. The van der Waals surface area contributed by atoms with Gasteiger partial charge in [-0.2, -0.15) is 5.10 Å². The highest BCUT2D eigenvalue weighted by Gasteiger charge is 2.09. The molecule has 134 valence electrons. The fourth-order valence-corrected chi connectivity index (χ4v) is 3.13. The summed E-state index contributed by atoms with van der Waals surface area (Å²) in [7, 11) is 0. The number of hydrogen-bond acceptors (Lipinski definition) is 5. The van der Waals surface area contributed by atoms with Gasteiger partial charge in [-0.25, -0.2) is 20.4 Å². The maximum absolute atomic E-state index is 4.68. The second kappa shape index (κ2) is 6.92. The van der Waals surface area contributed by atoms with Crippen LogP contribution in [0.25, 0.3) is 33.2 Å². The van der Waals surface area contributed by atoms with E-state index in [4.69, 9.17) is 0 Å². The number of nitrogens with one attached hydrogen (secondary N) is 2. The molecule has 2 N–H and O–H groups in total. The smallest absolute Gasteiger partial charge is 0.244 e. The number of imidazole rings is 1. The first-order chi connectivity index (χ1) is 13.9. The van der Waals surface area contributed by atoms with Crippen LogP contribution in [0.5, 0.6) is 0 Å². The second-order valence-corrected chi connectivity index (χ2v) is 6.29. The van der Waals surface area contributed by atoms with E-state index in [1.807, 2.05) is 78.9 Å². The number of hydrazone groups is 1. The number of benzene rings is 3. The lowest BCUT2D eigenvalue weighted by atomic mass is 10.1. The summed E-state index contributed by atoms with van der Waals surface area (Å²) in [6.45, 7) is 0. The van der Waals surface area contributed by atoms with E-state index in [2.05, 4.69) is 30.5 Å². The highest BCUT2D eigenvalue weighted by atomic mass is 15.3. The zero-order valence-electron chi connectivity index (χ0n) is 14.9. The number of H-pyrrole nitrogens is 1. The standard InChI is InChI=1S/C22H16N6/c1-2-8-15(9-3-1)21-16-10-4-5-11-17(16)26-22(27-21)28-23-14-20-24-18-12-6-7-13-19(18)25-20/h1-14H,(H,24,25)(H,26,27,28)/b23-14+. The predicted octanol–water partition coefficient (Wildman–Crippen LogP) is 4.62. The minimum atomic E-state index is 0.435. The topological polar surface area (TPSA) is 78.8 Å². The lowest BCUT2D eigenvalue weighted by Gasteiger charge is -2.08. The molecule has 0 unspecified atom stereocenters. The van der Waals surface area contributed by atoms with E-state index in [9.17, 15) is 0 Å². The van der Waals surface area contributed by atoms with Crippen LogP contribution in [0, 0.1) is 0 Å². The molecule has 0 amide bonds. The first kappa shape index (κ1) is 16.1. The first-order valence-corrected chi connectivity index (χ1v) is 8.93. The Morgan fingerprint density at radius 2 is 1.50 bits per heavy atom. The maximum Gasteiger partial charge on any atom is 0.244 e. The number of aromatic amines is 1. The quantitative estimate of drug-likeness (QED) is 0.360. The third-order valence-corrected chi connectivity index (χ3v) is 4.41. The van der Waals surface area contributed by atoms with Gasteiger partial charge in [0.05, 0.1) is 28.5 Å². The van der Waals surface area contributed by atoms with Crippen LogP contribution in [0.1, 0.15) is 5.82 Å². The van der Waals surface area contributed by atoms with Gasteiger partial charge in [0.25, 0.3) is 0 Å². The van der Waals surface area contributed by atoms with Gasteiger partial charge in [0, 0.05) is 10.9 Å². The fraction of sp³-hybridized carbons (Fsp3) is 0. The van der Waals surface area contributed by atoms with Crippen molar-refractivity contribution < 1.29 is 0 Å². The molecule has 0 bridgehead atoms. The molecule has 0 radical (unpaired) electrons. The average Bonchev–Trinajstić information content (AvgIpc) is 3.16. The fourth-order valence-electron chi connectivity index (χ4n) is 3.13. The number of rotatable bonds is 4. The van der Waals surface area contributed by atoms with Crippen LogP contribution >= 0.6 is 0 Å². The minimum Gasteiger partial charge on any atom is -0.337 e. The Morgan fingerprint density at radius 3 is 2.36 bits per heavy atom. The zero-order chi connectivity index (χ0) is 18.8. The van der Waals surface area contributed by atoms with E-state index in [1.165, 1.54) is 0 Å². The van der Waals surface area contributed by atoms with Gasteiger partial charge >= 0.3 is 0 Å². The Labute approximate surface area is 161 Å². The van der Waals surface area contributed by atoms with Crippen molar-refractivity contribution in [1.82, 2.24) is 19.9 Å². The van der Waals surface area contributed by atoms with E-state index in [-0.39, 0.29) is 0 Å². The van der Waals surface area contributed by atoms with Gasteiger partial charge in [-0.3, -0.25) is 0 Å². The van der Waals surface area contributed by atoms with Crippen molar-refractivity contribution in [2.45, 2.75) is 0 Å². The first-order valence-electron chi connectivity index (χ1n) is 8.93. The molecule has 28 heavy (non-hydrogen) atoms. The summed E-state index contributed by atoms with van der Waals surface area (Å²) in [5.41, 5.74) is 7.56. The van der Waals surface area contributed by atoms with Crippen LogP contribution in [-0.4, -0.2) is 26.2 Å². The lowest BCUT2D eigenvalue weighted by molar-refractivity contribution is 1.15. The van der Waals surface area contributed by atoms with Gasteiger partial charge in [-0.1, -0.05) is 60.7 Å². The summed E-state index contributed by atoms with van der Waals surface area (Å²) in [6.07, 6.45) is 1.63. The SMILES string of the molecule is C(=N\Nc1nc(-c2ccccc2)c2ccccc2n1)/c1nc2ccccc2[nH]1. The van der Waals surface area contributed by atoms with Crippen molar-refractivity contribution >= 4 is 34.1 Å². The van der Waals surface area contributed by atoms with Gasteiger partial charge in [0.2, 0.25) is 5.95 Å². The van der Waals surface area contributed by atoms with Crippen LogP contribution < -0.4 is 5.43 Å². The molecule has 0 fully saturated rings. The molecule has 0 spiro atoms. The minimum absolute atomic E-state index is 0.435. The Kier molecular flexibility index (Phi) is 3.99. The zero-order valence-corrected chi connectivity index (χ0v) is 14.9. The third-order valence-electron chi connectivity index (χ3n) is 4.41. The highest BCUT2D eigenvalue weighted by molar-refractivity contribution is 5.93. The molecule has 0 aliphatic carbocycles. The number of fused-ring (bicyclic) bond motifs is 2.